The van der Waals surface area contributed by atoms with Crippen LogP contribution in [0.15, 0.2) is 35.4 Å². The average Bonchev–Trinajstić information content (AvgIpc) is 3.29. The molecule has 7 nitrogen and oxygen atoms in total. The molecule has 30 heavy (non-hydrogen) atoms. The molecule has 2 saturated carbocycles. The third-order valence-electron chi connectivity index (χ3n) is 6.19. The lowest BCUT2D eigenvalue weighted by molar-refractivity contribution is -0.149. The summed E-state index contributed by atoms with van der Waals surface area (Å²) in [5.74, 6) is -2.74. The number of hydrogen-bond acceptors (Lipinski definition) is 4. The second-order valence-corrected chi connectivity index (χ2v) is 8.31. The fourth-order valence-electron chi connectivity index (χ4n) is 4.92. The topological polar surface area (TPSA) is 105 Å². The zero-order valence-electron chi connectivity index (χ0n) is 17.7. The maximum Gasteiger partial charge on any atom is 0.307 e. The number of carboxylic acid groups (broad SMARTS) is 1. The van der Waals surface area contributed by atoms with Crippen molar-refractivity contribution < 1.29 is 24.2 Å². The molecule has 3 N–H and O–H groups in total. The zero-order valence-corrected chi connectivity index (χ0v) is 17.7. The van der Waals surface area contributed by atoms with Crippen LogP contribution in [-0.2, 0) is 9.59 Å². The molecule has 162 valence electrons. The van der Waals surface area contributed by atoms with Crippen molar-refractivity contribution in [2.45, 2.75) is 46.5 Å². The molecular formula is C23H30N2O5. The second kappa shape index (κ2) is 9.32. The highest BCUT2D eigenvalue weighted by Crippen LogP contribution is 2.57. The number of unbranched alkanes of at least 4 members (excludes halogenated alkanes) is 1. The van der Waals surface area contributed by atoms with Gasteiger partial charge in [0.05, 0.1) is 18.4 Å². The summed E-state index contributed by atoms with van der Waals surface area (Å²) in [6, 6.07) is 6.68. The molecule has 2 aliphatic rings. The number of carbonyl (C=O) groups is 3. The van der Waals surface area contributed by atoms with E-state index in [2.05, 4.69) is 17.8 Å². The van der Waals surface area contributed by atoms with Gasteiger partial charge in [0.1, 0.15) is 5.75 Å². The summed E-state index contributed by atoms with van der Waals surface area (Å²) < 4.78 is 5.58. The van der Waals surface area contributed by atoms with Crippen molar-refractivity contribution in [3.05, 3.63) is 41.0 Å². The van der Waals surface area contributed by atoms with E-state index in [0.717, 1.165) is 36.8 Å². The van der Waals surface area contributed by atoms with Crippen LogP contribution in [-0.4, -0.2) is 29.5 Å². The van der Waals surface area contributed by atoms with Crippen LogP contribution >= 0.6 is 0 Å². The summed E-state index contributed by atoms with van der Waals surface area (Å²) in [5.41, 5.74) is 7.45. The number of hydrogen-bond donors (Lipinski definition) is 3. The largest absolute Gasteiger partial charge is 0.494 e. The van der Waals surface area contributed by atoms with E-state index < -0.39 is 29.6 Å². The lowest BCUT2D eigenvalue weighted by Crippen LogP contribution is -2.48. The maximum atomic E-state index is 12.8. The van der Waals surface area contributed by atoms with Crippen molar-refractivity contribution in [2.24, 2.45) is 23.7 Å². The van der Waals surface area contributed by atoms with Crippen molar-refractivity contribution in [3.8, 4) is 5.75 Å². The first-order chi connectivity index (χ1) is 14.3. The van der Waals surface area contributed by atoms with Crippen molar-refractivity contribution in [1.82, 2.24) is 10.9 Å². The molecular weight excluding hydrogens is 384 g/mol. The highest BCUT2D eigenvalue weighted by Gasteiger charge is 2.57. The number of benzene rings is 1. The molecule has 0 unspecified atom stereocenters. The number of hydrazine groups is 1. The van der Waals surface area contributed by atoms with Gasteiger partial charge in [-0.05, 0) is 69.2 Å². The van der Waals surface area contributed by atoms with Crippen LogP contribution in [0.1, 0.15) is 56.8 Å². The molecule has 0 heterocycles. The molecule has 2 aliphatic carbocycles. The Labute approximate surface area is 176 Å². The van der Waals surface area contributed by atoms with Gasteiger partial charge in [-0.25, -0.2) is 0 Å². The lowest BCUT2D eigenvalue weighted by Gasteiger charge is -2.26. The molecule has 2 amide bonds. The van der Waals surface area contributed by atoms with E-state index in [0.29, 0.717) is 17.9 Å². The standard InChI is InChI=1S/C23H30N2O5/c1-4-5-12-30-15-8-6-14(7-9-15)21(26)24-25-22(27)19-16-10-11-17(18(16)13(2)3)20(19)23(28)29/h6-9,16-17,19-20H,4-5,10-12H2,1-3H3,(H,24,26)(H,25,27)(H,28,29)/t16-,17-,19+,20-/m0/s1. The number of ether oxygens (including phenoxy) is 1. The molecule has 7 heteroatoms. The average molecular weight is 415 g/mol. The molecule has 1 aromatic rings. The van der Waals surface area contributed by atoms with Gasteiger partial charge in [-0.1, -0.05) is 24.5 Å². The normalized spacial score (nSPS) is 24.4. The zero-order chi connectivity index (χ0) is 21.8. The summed E-state index contributed by atoms with van der Waals surface area (Å²) in [5, 5.41) is 9.71. The van der Waals surface area contributed by atoms with Crippen LogP contribution in [0.5, 0.6) is 5.75 Å². The summed E-state index contributed by atoms with van der Waals surface area (Å²) in [7, 11) is 0. The Kier molecular flexibility index (Phi) is 6.80. The molecule has 4 atom stereocenters. The van der Waals surface area contributed by atoms with Gasteiger partial charge in [0.2, 0.25) is 5.91 Å². The van der Waals surface area contributed by atoms with Crippen molar-refractivity contribution in [2.75, 3.05) is 6.61 Å². The smallest absolute Gasteiger partial charge is 0.307 e. The molecule has 2 fully saturated rings. The van der Waals surface area contributed by atoms with Gasteiger partial charge in [0.15, 0.2) is 0 Å². The first-order valence-corrected chi connectivity index (χ1v) is 10.6. The first-order valence-electron chi connectivity index (χ1n) is 10.6. The minimum absolute atomic E-state index is 0.0717. The van der Waals surface area contributed by atoms with E-state index in [-0.39, 0.29) is 11.8 Å². The highest BCUT2D eigenvalue weighted by molar-refractivity contribution is 5.96. The first kappa shape index (κ1) is 21.9. The van der Waals surface area contributed by atoms with Gasteiger partial charge in [0, 0.05) is 5.56 Å². The van der Waals surface area contributed by atoms with E-state index in [1.807, 2.05) is 13.8 Å². The minimum atomic E-state index is -0.953. The second-order valence-electron chi connectivity index (χ2n) is 8.31. The molecule has 0 radical (unpaired) electrons. The molecule has 0 saturated heterocycles. The van der Waals surface area contributed by atoms with Gasteiger partial charge in [-0.2, -0.15) is 0 Å². The van der Waals surface area contributed by atoms with Crippen LogP contribution in [0.4, 0.5) is 0 Å². The Morgan fingerprint density at radius 2 is 1.67 bits per heavy atom. The van der Waals surface area contributed by atoms with Crippen molar-refractivity contribution in [3.63, 3.8) is 0 Å². The van der Waals surface area contributed by atoms with E-state index in [1.54, 1.807) is 24.3 Å². The van der Waals surface area contributed by atoms with Crippen LogP contribution in [0.25, 0.3) is 0 Å². The molecule has 1 aromatic carbocycles. The van der Waals surface area contributed by atoms with Gasteiger partial charge >= 0.3 is 5.97 Å². The molecule has 2 bridgehead atoms. The summed E-state index contributed by atoms with van der Waals surface area (Å²) >= 11 is 0. The third-order valence-corrected chi connectivity index (χ3v) is 6.19. The quantitative estimate of drug-likeness (QED) is 0.361. The van der Waals surface area contributed by atoms with E-state index in [9.17, 15) is 19.5 Å². The Bertz CT molecular complexity index is 842. The molecule has 0 aliphatic heterocycles. The van der Waals surface area contributed by atoms with Crippen molar-refractivity contribution >= 4 is 17.8 Å². The lowest BCUT2D eigenvalue weighted by atomic mass is 9.79. The van der Waals surface area contributed by atoms with Gasteiger partial charge < -0.3 is 9.84 Å². The fraction of sp³-hybridized carbons (Fsp3) is 0.522. The predicted octanol–water partition coefficient (Wildman–Crippen LogP) is 3.32. The number of aliphatic carboxylic acids is 1. The molecule has 0 spiro atoms. The number of amides is 2. The Morgan fingerprint density at radius 3 is 2.23 bits per heavy atom. The van der Waals surface area contributed by atoms with E-state index in [4.69, 9.17) is 4.74 Å². The summed E-state index contributed by atoms with van der Waals surface area (Å²) in [6.45, 7) is 6.65. The number of nitrogens with one attached hydrogen (secondary N) is 2. The monoisotopic (exact) mass is 414 g/mol. The summed E-state index contributed by atoms with van der Waals surface area (Å²) in [6.07, 6.45) is 3.61. The van der Waals surface area contributed by atoms with Crippen molar-refractivity contribution in [1.29, 1.82) is 0 Å². The highest BCUT2D eigenvalue weighted by atomic mass is 16.5. The van der Waals surface area contributed by atoms with Gasteiger partial charge in [0.25, 0.3) is 5.91 Å². The third kappa shape index (κ3) is 4.35. The Balaban J connectivity index is 1.61. The number of rotatable bonds is 7. The van der Waals surface area contributed by atoms with Crippen LogP contribution in [0, 0.1) is 23.7 Å². The molecule has 0 aromatic heterocycles. The minimum Gasteiger partial charge on any atom is -0.494 e. The van der Waals surface area contributed by atoms with E-state index >= 15 is 0 Å². The van der Waals surface area contributed by atoms with Crippen LogP contribution in [0.2, 0.25) is 0 Å². The molecule has 3 rings (SSSR count). The summed E-state index contributed by atoms with van der Waals surface area (Å²) in [4.78, 5) is 37.1. The maximum absolute atomic E-state index is 12.8. The SMILES string of the molecule is CCCCOc1ccc(C(=O)NNC(=O)[C@H]2[C@@H](C(=O)O)[C@H]3CC[C@H]2C3=C(C)C)cc1. The van der Waals surface area contributed by atoms with Crippen LogP contribution in [0.3, 0.4) is 0 Å². The predicted molar refractivity (Wildman–Crippen MR) is 112 cm³/mol. The number of fused-ring (bicyclic) bond motifs is 2. The number of carbonyl (C=O) groups excluding carboxylic acids is 2. The Hall–Kier alpha value is -2.83. The van der Waals surface area contributed by atoms with Crippen LogP contribution < -0.4 is 15.6 Å². The number of carboxylic acids is 1. The number of allylic oxidation sites excluding steroid dienone is 2. The van der Waals surface area contributed by atoms with E-state index in [1.165, 1.54) is 0 Å². The fourth-order valence-corrected chi connectivity index (χ4v) is 4.92. The Morgan fingerprint density at radius 1 is 1.03 bits per heavy atom. The van der Waals surface area contributed by atoms with Gasteiger partial charge in [-0.15, -0.1) is 0 Å². The van der Waals surface area contributed by atoms with Gasteiger partial charge in [-0.3, -0.25) is 25.2 Å².